The van der Waals surface area contributed by atoms with Gasteiger partial charge >= 0.3 is 0 Å². The third kappa shape index (κ3) is 3.76. The van der Waals surface area contributed by atoms with E-state index in [1.807, 2.05) is 11.8 Å². The zero-order valence-electron chi connectivity index (χ0n) is 10.2. The molecule has 0 spiro atoms. The third-order valence-electron chi connectivity index (χ3n) is 3.32. The summed E-state index contributed by atoms with van der Waals surface area (Å²) in [5, 5.41) is 8.81. The van der Waals surface area contributed by atoms with Gasteiger partial charge in [-0.05, 0) is 38.1 Å². The van der Waals surface area contributed by atoms with Crippen molar-refractivity contribution in [3.8, 4) is 0 Å². The summed E-state index contributed by atoms with van der Waals surface area (Å²) in [6.45, 7) is 3.68. The summed E-state index contributed by atoms with van der Waals surface area (Å²) in [6, 6.07) is 0.352. The van der Waals surface area contributed by atoms with E-state index in [9.17, 15) is 4.79 Å². The Bertz CT molecular complexity index is 221. The van der Waals surface area contributed by atoms with E-state index in [1.54, 1.807) is 0 Å². The highest BCUT2D eigenvalue weighted by atomic mass is 16.3. The molecular formula is C12H24N2O2. The monoisotopic (exact) mass is 228 g/mol. The van der Waals surface area contributed by atoms with Crippen molar-refractivity contribution in [2.24, 2.45) is 11.7 Å². The fourth-order valence-electron chi connectivity index (χ4n) is 2.29. The van der Waals surface area contributed by atoms with Gasteiger partial charge < -0.3 is 15.7 Å². The average Bonchev–Trinajstić information content (AvgIpc) is 2.74. The predicted octanol–water partition coefficient (Wildman–Crippen LogP) is 0.735. The molecule has 0 saturated carbocycles. The lowest BCUT2D eigenvalue weighted by molar-refractivity contribution is -0.133. The number of carbonyl (C=O) groups excluding carboxylic acids is 1. The van der Waals surface area contributed by atoms with Gasteiger partial charge in [0, 0.05) is 25.6 Å². The Kier molecular flexibility index (Phi) is 5.77. The van der Waals surface area contributed by atoms with Gasteiger partial charge in [0.05, 0.1) is 0 Å². The van der Waals surface area contributed by atoms with Crippen molar-refractivity contribution in [2.75, 3.05) is 19.7 Å². The van der Waals surface area contributed by atoms with Gasteiger partial charge in [0.25, 0.3) is 0 Å². The standard InChI is InChI=1S/C12H24N2O2/c1-10(9-13)8-12(16)14-6-2-4-11(14)5-3-7-15/h10-11,15H,2-9,13H2,1H3. The number of nitrogens with two attached hydrogens (primary N) is 1. The quantitative estimate of drug-likeness (QED) is 0.704. The summed E-state index contributed by atoms with van der Waals surface area (Å²) in [7, 11) is 0. The average molecular weight is 228 g/mol. The molecule has 1 heterocycles. The number of carbonyl (C=O) groups is 1. The van der Waals surface area contributed by atoms with Crippen LogP contribution in [-0.4, -0.2) is 41.7 Å². The van der Waals surface area contributed by atoms with Crippen LogP contribution in [0.4, 0.5) is 0 Å². The molecule has 0 aromatic heterocycles. The van der Waals surface area contributed by atoms with E-state index < -0.39 is 0 Å². The fraction of sp³-hybridized carbons (Fsp3) is 0.917. The smallest absolute Gasteiger partial charge is 0.223 e. The first-order chi connectivity index (χ1) is 7.69. The van der Waals surface area contributed by atoms with Crippen molar-refractivity contribution in [3.05, 3.63) is 0 Å². The highest BCUT2D eigenvalue weighted by molar-refractivity contribution is 5.77. The fourth-order valence-corrected chi connectivity index (χ4v) is 2.29. The minimum absolute atomic E-state index is 0.220. The SMILES string of the molecule is CC(CN)CC(=O)N1CCCC1CCCO. The van der Waals surface area contributed by atoms with Crippen molar-refractivity contribution >= 4 is 5.91 Å². The van der Waals surface area contributed by atoms with Crippen LogP contribution in [0.2, 0.25) is 0 Å². The molecule has 1 fully saturated rings. The molecule has 94 valence electrons. The summed E-state index contributed by atoms with van der Waals surface area (Å²) in [6.07, 6.45) is 4.47. The van der Waals surface area contributed by atoms with Gasteiger partial charge in [0.1, 0.15) is 0 Å². The molecule has 3 N–H and O–H groups in total. The van der Waals surface area contributed by atoms with Crippen LogP contribution in [0.25, 0.3) is 0 Å². The van der Waals surface area contributed by atoms with E-state index in [4.69, 9.17) is 10.8 Å². The summed E-state index contributed by atoms with van der Waals surface area (Å²) < 4.78 is 0. The molecule has 2 unspecified atom stereocenters. The lowest BCUT2D eigenvalue weighted by Crippen LogP contribution is -2.37. The number of likely N-dealkylation sites (tertiary alicyclic amines) is 1. The lowest BCUT2D eigenvalue weighted by atomic mass is 10.1. The maximum atomic E-state index is 12.0. The van der Waals surface area contributed by atoms with Crippen LogP contribution in [0.3, 0.4) is 0 Å². The second kappa shape index (κ2) is 6.86. The topological polar surface area (TPSA) is 66.6 Å². The number of aliphatic hydroxyl groups is 1. The summed E-state index contributed by atoms with van der Waals surface area (Å²) >= 11 is 0. The number of rotatable bonds is 6. The first kappa shape index (κ1) is 13.5. The molecule has 4 nitrogen and oxygen atoms in total. The largest absolute Gasteiger partial charge is 0.396 e. The molecule has 0 aromatic carbocycles. The van der Waals surface area contributed by atoms with E-state index in [-0.39, 0.29) is 18.4 Å². The molecule has 4 heteroatoms. The molecular weight excluding hydrogens is 204 g/mol. The Morgan fingerprint density at radius 3 is 3.00 bits per heavy atom. The zero-order valence-corrected chi connectivity index (χ0v) is 10.2. The third-order valence-corrected chi connectivity index (χ3v) is 3.32. The van der Waals surface area contributed by atoms with Crippen LogP contribution >= 0.6 is 0 Å². The van der Waals surface area contributed by atoms with E-state index in [2.05, 4.69) is 0 Å². The first-order valence-corrected chi connectivity index (χ1v) is 6.29. The summed E-state index contributed by atoms with van der Waals surface area (Å²) in [4.78, 5) is 14.0. The second-order valence-corrected chi connectivity index (χ2v) is 4.79. The van der Waals surface area contributed by atoms with Crippen molar-refractivity contribution in [1.82, 2.24) is 4.90 Å². The zero-order chi connectivity index (χ0) is 12.0. The van der Waals surface area contributed by atoms with Crippen molar-refractivity contribution in [3.63, 3.8) is 0 Å². The molecule has 1 rings (SSSR count). The predicted molar refractivity (Wildman–Crippen MR) is 63.9 cm³/mol. The molecule has 1 amide bonds. The molecule has 1 saturated heterocycles. The van der Waals surface area contributed by atoms with E-state index in [0.717, 1.165) is 32.2 Å². The molecule has 0 aromatic rings. The van der Waals surface area contributed by atoms with Gasteiger partial charge in [0.15, 0.2) is 0 Å². The Labute approximate surface area is 97.8 Å². The van der Waals surface area contributed by atoms with Crippen LogP contribution in [0.15, 0.2) is 0 Å². The van der Waals surface area contributed by atoms with E-state index in [1.165, 1.54) is 0 Å². The molecule has 2 atom stereocenters. The summed E-state index contributed by atoms with van der Waals surface area (Å²) in [5.74, 6) is 0.505. The molecule has 1 aliphatic heterocycles. The van der Waals surface area contributed by atoms with E-state index in [0.29, 0.717) is 19.0 Å². The van der Waals surface area contributed by atoms with Gasteiger partial charge in [-0.25, -0.2) is 0 Å². The molecule has 0 radical (unpaired) electrons. The van der Waals surface area contributed by atoms with Crippen molar-refractivity contribution < 1.29 is 9.90 Å². The molecule has 16 heavy (non-hydrogen) atoms. The van der Waals surface area contributed by atoms with Crippen LogP contribution in [0.1, 0.15) is 39.0 Å². The second-order valence-electron chi connectivity index (χ2n) is 4.79. The Hall–Kier alpha value is -0.610. The van der Waals surface area contributed by atoms with Crippen LogP contribution < -0.4 is 5.73 Å². The van der Waals surface area contributed by atoms with Gasteiger partial charge in [-0.2, -0.15) is 0 Å². The number of nitrogens with zero attached hydrogens (tertiary/aromatic N) is 1. The highest BCUT2D eigenvalue weighted by Gasteiger charge is 2.28. The van der Waals surface area contributed by atoms with Gasteiger partial charge in [-0.3, -0.25) is 4.79 Å². The number of hydrogen-bond donors (Lipinski definition) is 2. The highest BCUT2D eigenvalue weighted by Crippen LogP contribution is 2.22. The first-order valence-electron chi connectivity index (χ1n) is 6.29. The number of amides is 1. The van der Waals surface area contributed by atoms with Crippen molar-refractivity contribution in [1.29, 1.82) is 0 Å². The van der Waals surface area contributed by atoms with Gasteiger partial charge in [-0.15, -0.1) is 0 Å². The van der Waals surface area contributed by atoms with Crippen LogP contribution in [0.5, 0.6) is 0 Å². The molecule has 0 aliphatic carbocycles. The lowest BCUT2D eigenvalue weighted by Gasteiger charge is -2.25. The van der Waals surface area contributed by atoms with Crippen LogP contribution in [0, 0.1) is 5.92 Å². The number of aliphatic hydroxyl groups excluding tert-OH is 1. The summed E-state index contributed by atoms with van der Waals surface area (Å²) in [5.41, 5.74) is 5.53. The van der Waals surface area contributed by atoms with Crippen molar-refractivity contribution in [2.45, 2.75) is 45.1 Å². The minimum Gasteiger partial charge on any atom is -0.396 e. The maximum absolute atomic E-state index is 12.0. The Morgan fingerprint density at radius 2 is 2.38 bits per heavy atom. The number of hydrogen-bond acceptors (Lipinski definition) is 3. The molecule has 0 bridgehead atoms. The van der Waals surface area contributed by atoms with Crippen LogP contribution in [-0.2, 0) is 4.79 Å². The maximum Gasteiger partial charge on any atom is 0.223 e. The minimum atomic E-state index is 0.220. The van der Waals surface area contributed by atoms with Gasteiger partial charge in [-0.1, -0.05) is 6.92 Å². The van der Waals surface area contributed by atoms with Gasteiger partial charge in [0.2, 0.25) is 5.91 Å². The van der Waals surface area contributed by atoms with E-state index >= 15 is 0 Å². The Balaban J connectivity index is 2.41. The normalized spacial score (nSPS) is 22.4. The Morgan fingerprint density at radius 1 is 1.62 bits per heavy atom. The molecule has 1 aliphatic rings.